The topological polar surface area (TPSA) is 96.4 Å². The van der Waals surface area contributed by atoms with Gasteiger partial charge in [0.1, 0.15) is 18.1 Å². The molecule has 154 valence electrons. The molecule has 3 aliphatic rings. The van der Waals surface area contributed by atoms with Crippen molar-refractivity contribution >= 4 is 16.0 Å². The second kappa shape index (κ2) is 7.53. The van der Waals surface area contributed by atoms with E-state index in [2.05, 4.69) is 0 Å². The predicted octanol–water partition coefficient (Wildman–Crippen LogP) is 1.26. The first-order chi connectivity index (χ1) is 13.4. The first-order valence-corrected chi connectivity index (χ1v) is 11.1. The largest absolute Gasteiger partial charge is 0.486 e. The quantitative estimate of drug-likeness (QED) is 0.781. The number of fused-ring (bicyclic) bond motifs is 2. The number of nitrogens with zero attached hydrogens (tertiary/aromatic N) is 2. The van der Waals surface area contributed by atoms with Gasteiger partial charge in [0.15, 0.2) is 11.5 Å². The Labute approximate surface area is 165 Å². The summed E-state index contributed by atoms with van der Waals surface area (Å²) in [5.41, 5.74) is 0. The molecule has 2 fully saturated rings. The number of aliphatic carboxylic acids is 1. The van der Waals surface area contributed by atoms with E-state index in [1.165, 1.54) is 4.31 Å². The van der Waals surface area contributed by atoms with E-state index in [4.69, 9.17) is 14.6 Å². The van der Waals surface area contributed by atoms with Gasteiger partial charge in [0.05, 0.1) is 6.54 Å². The Kier molecular flexibility index (Phi) is 5.24. The molecule has 8 nitrogen and oxygen atoms in total. The van der Waals surface area contributed by atoms with Crippen molar-refractivity contribution in [1.29, 1.82) is 0 Å². The van der Waals surface area contributed by atoms with Crippen LogP contribution in [0.1, 0.15) is 19.3 Å². The van der Waals surface area contributed by atoms with Crippen molar-refractivity contribution in [3.8, 4) is 11.5 Å². The fourth-order valence-electron chi connectivity index (χ4n) is 4.76. The van der Waals surface area contributed by atoms with Crippen LogP contribution in [0.2, 0.25) is 0 Å². The molecule has 0 aromatic heterocycles. The Hall–Kier alpha value is -1.84. The maximum atomic E-state index is 13.3. The van der Waals surface area contributed by atoms with E-state index in [9.17, 15) is 13.2 Å². The van der Waals surface area contributed by atoms with Crippen LogP contribution in [0.5, 0.6) is 11.5 Å². The van der Waals surface area contributed by atoms with Crippen molar-refractivity contribution in [2.24, 2.45) is 11.8 Å². The zero-order valence-corrected chi connectivity index (χ0v) is 16.7. The summed E-state index contributed by atoms with van der Waals surface area (Å²) in [6.07, 6.45) is 2.48. The van der Waals surface area contributed by atoms with Gasteiger partial charge in [-0.3, -0.25) is 9.69 Å². The Morgan fingerprint density at radius 3 is 2.79 bits per heavy atom. The minimum absolute atomic E-state index is 0.0511. The number of carboxylic acid groups (broad SMARTS) is 1. The Balaban J connectivity index is 1.51. The number of benzene rings is 1. The highest BCUT2D eigenvalue weighted by Gasteiger charge is 2.43. The molecule has 0 radical (unpaired) electrons. The van der Waals surface area contributed by atoms with E-state index in [1.54, 1.807) is 25.2 Å². The van der Waals surface area contributed by atoms with Gasteiger partial charge in [-0.05, 0) is 49.8 Å². The standard InChI is InChI=1S/C19H26N2O6S/c1-20(15-9-13-5-6-21(12-18(22)23)11-14(13)10-15)28(24,25)17-4-2-3-16-19(17)27-8-7-26-16/h2-4,13-15H,5-12H2,1H3,(H,22,23)/t13-,14-,15+/m1/s1. The van der Waals surface area contributed by atoms with Crippen LogP contribution in [-0.4, -0.2) is 74.6 Å². The lowest BCUT2D eigenvalue weighted by atomic mass is 9.89. The molecule has 1 aliphatic carbocycles. The van der Waals surface area contributed by atoms with E-state index in [1.807, 2.05) is 4.90 Å². The summed E-state index contributed by atoms with van der Waals surface area (Å²) >= 11 is 0. The van der Waals surface area contributed by atoms with Gasteiger partial charge in [-0.2, -0.15) is 4.31 Å². The number of para-hydroxylation sites is 1. The summed E-state index contributed by atoms with van der Waals surface area (Å²) in [5.74, 6) is 0.717. The third kappa shape index (κ3) is 3.58. The van der Waals surface area contributed by atoms with Crippen LogP contribution in [0, 0.1) is 11.8 Å². The lowest BCUT2D eigenvalue weighted by molar-refractivity contribution is -0.138. The highest BCUT2D eigenvalue weighted by molar-refractivity contribution is 7.89. The summed E-state index contributed by atoms with van der Waals surface area (Å²) in [6, 6.07) is 4.86. The highest BCUT2D eigenvalue weighted by atomic mass is 32.2. The maximum Gasteiger partial charge on any atom is 0.317 e. The van der Waals surface area contributed by atoms with E-state index in [0.29, 0.717) is 36.5 Å². The number of ether oxygens (including phenoxy) is 2. The van der Waals surface area contributed by atoms with Crippen molar-refractivity contribution in [1.82, 2.24) is 9.21 Å². The summed E-state index contributed by atoms with van der Waals surface area (Å²) in [6.45, 7) is 2.27. The molecule has 1 aromatic carbocycles. The molecule has 3 atom stereocenters. The number of likely N-dealkylation sites (tertiary alicyclic amines) is 1. The first-order valence-electron chi connectivity index (χ1n) is 9.67. The number of hydrogen-bond donors (Lipinski definition) is 1. The van der Waals surface area contributed by atoms with Crippen LogP contribution in [0.4, 0.5) is 0 Å². The molecular weight excluding hydrogens is 384 g/mol. The third-order valence-electron chi connectivity index (χ3n) is 6.19. The van der Waals surface area contributed by atoms with E-state index < -0.39 is 16.0 Å². The monoisotopic (exact) mass is 410 g/mol. The van der Waals surface area contributed by atoms with Crippen LogP contribution in [0.25, 0.3) is 0 Å². The van der Waals surface area contributed by atoms with Crippen LogP contribution in [0.15, 0.2) is 23.1 Å². The fourth-order valence-corrected chi connectivity index (χ4v) is 6.28. The van der Waals surface area contributed by atoms with Crippen molar-refractivity contribution in [3.05, 3.63) is 18.2 Å². The second-order valence-corrected chi connectivity index (χ2v) is 9.83. The van der Waals surface area contributed by atoms with Crippen LogP contribution < -0.4 is 9.47 Å². The molecule has 0 spiro atoms. The molecule has 28 heavy (non-hydrogen) atoms. The van der Waals surface area contributed by atoms with Gasteiger partial charge in [0.25, 0.3) is 0 Å². The van der Waals surface area contributed by atoms with E-state index >= 15 is 0 Å². The minimum atomic E-state index is -3.72. The van der Waals surface area contributed by atoms with Gasteiger partial charge in [0, 0.05) is 19.6 Å². The minimum Gasteiger partial charge on any atom is -0.486 e. The number of carboxylic acids is 1. The second-order valence-electron chi connectivity index (χ2n) is 7.86. The Bertz CT molecular complexity index is 858. The lowest BCUT2D eigenvalue weighted by Crippen LogP contribution is -2.41. The predicted molar refractivity (Wildman–Crippen MR) is 101 cm³/mol. The van der Waals surface area contributed by atoms with Gasteiger partial charge in [0.2, 0.25) is 10.0 Å². The molecule has 1 saturated heterocycles. The Morgan fingerprint density at radius 1 is 1.25 bits per heavy atom. The molecule has 9 heteroatoms. The summed E-state index contributed by atoms with van der Waals surface area (Å²) < 4.78 is 39.2. The molecule has 0 amide bonds. The van der Waals surface area contributed by atoms with Crippen LogP contribution in [0.3, 0.4) is 0 Å². The molecule has 2 heterocycles. The van der Waals surface area contributed by atoms with E-state index in [-0.39, 0.29) is 17.5 Å². The van der Waals surface area contributed by atoms with Crippen molar-refractivity contribution < 1.29 is 27.8 Å². The van der Waals surface area contributed by atoms with Gasteiger partial charge >= 0.3 is 5.97 Å². The third-order valence-corrected chi connectivity index (χ3v) is 8.12. The van der Waals surface area contributed by atoms with Crippen molar-refractivity contribution in [2.45, 2.75) is 30.2 Å². The molecule has 1 saturated carbocycles. The zero-order chi connectivity index (χ0) is 19.9. The maximum absolute atomic E-state index is 13.3. The van der Waals surface area contributed by atoms with Crippen LogP contribution >= 0.6 is 0 Å². The summed E-state index contributed by atoms with van der Waals surface area (Å²) in [4.78, 5) is 13.1. The molecule has 1 aromatic rings. The molecule has 0 unspecified atom stereocenters. The normalized spacial score (nSPS) is 27.6. The number of piperidine rings is 1. The van der Waals surface area contributed by atoms with Gasteiger partial charge in [-0.25, -0.2) is 8.42 Å². The molecule has 1 N–H and O–H groups in total. The summed E-state index contributed by atoms with van der Waals surface area (Å²) in [7, 11) is -2.08. The lowest BCUT2D eigenvalue weighted by Gasteiger charge is -2.33. The zero-order valence-electron chi connectivity index (χ0n) is 15.9. The molecular formula is C19H26N2O6S. The fraction of sp³-hybridized carbons (Fsp3) is 0.632. The first kappa shape index (κ1) is 19.5. The average molecular weight is 410 g/mol. The average Bonchev–Trinajstić information content (AvgIpc) is 3.09. The van der Waals surface area contributed by atoms with Crippen LogP contribution in [-0.2, 0) is 14.8 Å². The Morgan fingerprint density at radius 2 is 2.00 bits per heavy atom. The SMILES string of the molecule is CN([C@H]1C[C@H]2CCN(CC(=O)O)C[C@H]2C1)S(=O)(=O)c1cccc2c1OCCO2. The van der Waals surface area contributed by atoms with Gasteiger partial charge in [-0.15, -0.1) is 0 Å². The molecule has 4 rings (SSSR count). The molecule has 0 bridgehead atoms. The van der Waals surface area contributed by atoms with E-state index in [0.717, 1.165) is 32.4 Å². The number of hydrogen-bond acceptors (Lipinski definition) is 6. The number of rotatable bonds is 5. The van der Waals surface area contributed by atoms with Crippen molar-refractivity contribution in [3.63, 3.8) is 0 Å². The number of sulfonamides is 1. The molecule has 2 aliphatic heterocycles. The van der Waals surface area contributed by atoms with Crippen molar-refractivity contribution in [2.75, 3.05) is 39.9 Å². The number of carbonyl (C=O) groups is 1. The summed E-state index contributed by atoms with van der Waals surface area (Å²) in [5, 5.41) is 9.02. The van der Waals surface area contributed by atoms with Gasteiger partial charge < -0.3 is 14.6 Å². The highest BCUT2D eigenvalue weighted by Crippen LogP contribution is 2.43. The van der Waals surface area contributed by atoms with Gasteiger partial charge in [-0.1, -0.05) is 6.07 Å². The smallest absolute Gasteiger partial charge is 0.317 e.